The predicted molar refractivity (Wildman–Crippen MR) is 76.6 cm³/mol. The summed E-state index contributed by atoms with van der Waals surface area (Å²) in [5.41, 5.74) is 0.535. The molecular weight excluding hydrogens is 335 g/mol. The zero-order valence-corrected chi connectivity index (χ0v) is 13.1. The second-order valence-corrected chi connectivity index (χ2v) is 5.21. The van der Waals surface area contributed by atoms with Crippen LogP contribution in [-0.4, -0.2) is 28.7 Å². The van der Waals surface area contributed by atoms with Crippen LogP contribution in [0.5, 0.6) is 5.75 Å². The SMILES string of the molecule is CSc1c(OC(F)(F)F)ccc(C(=O)Nc2nnc(C)o2)c1C. The topological polar surface area (TPSA) is 77.2 Å². The Bertz CT molecular complexity index is 731. The van der Waals surface area contributed by atoms with Crippen molar-refractivity contribution in [3.8, 4) is 5.75 Å². The number of anilines is 1. The number of halogens is 3. The van der Waals surface area contributed by atoms with Crippen LogP contribution < -0.4 is 10.1 Å². The number of thioether (sulfide) groups is 1. The van der Waals surface area contributed by atoms with Gasteiger partial charge in [0, 0.05) is 12.5 Å². The smallest absolute Gasteiger partial charge is 0.408 e. The van der Waals surface area contributed by atoms with Crippen LogP contribution in [0.4, 0.5) is 19.2 Å². The molecule has 6 nitrogen and oxygen atoms in total. The molecule has 1 heterocycles. The Morgan fingerprint density at radius 1 is 1.30 bits per heavy atom. The van der Waals surface area contributed by atoms with Crippen LogP contribution in [0.15, 0.2) is 21.4 Å². The summed E-state index contributed by atoms with van der Waals surface area (Å²) in [6.45, 7) is 3.09. The first-order valence-electron chi connectivity index (χ1n) is 6.26. The predicted octanol–water partition coefficient (Wildman–Crippen LogP) is 3.56. The maximum Gasteiger partial charge on any atom is 0.573 e. The number of nitrogens with one attached hydrogen (secondary N) is 1. The second-order valence-electron chi connectivity index (χ2n) is 4.40. The van der Waals surface area contributed by atoms with Crippen LogP contribution >= 0.6 is 11.8 Å². The van der Waals surface area contributed by atoms with Crippen molar-refractivity contribution in [3.63, 3.8) is 0 Å². The van der Waals surface area contributed by atoms with Crippen LogP contribution in [0.3, 0.4) is 0 Å². The van der Waals surface area contributed by atoms with Crippen molar-refractivity contribution < 1.29 is 27.1 Å². The number of alkyl halides is 3. The molecule has 1 amide bonds. The summed E-state index contributed by atoms with van der Waals surface area (Å²) in [7, 11) is 0. The number of carbonyl (C=O) groups excluding carboxylic acids is 1. The fraction of sp³-hybridized carbons (Fsp3) is 0.308. The molecule has 0 aliphatic heterocycles. The van der Waals surface area contributed by atoms with Crippen molar-refractivity contribution in [2.75, 3.05) is 11.6 Å². The lowest BCUT2D eigenvalue weighted by molar-refractivity contribution is -0.275. The summed E-state index contributed by atoms with van der Waals surface area (Å²) in [6, 6.07) is 2.25. The van der Waals surface area contributed by atoms with Crippen LogP contribution in [0.2, 0.25) is 0 Å². The van der Waals surface area contributed by atoms with Gasteiger partial charge in [-0.15, -0.1) is 30.0 Å². The lowest BCUT2D eigenvalue weighted by Crippen LogP contribution is -2.19. The van der Waals surface area contributed by atoms with Gasteiger partial charge in [-0.1, -0.05) is 5.10 Å². The molecule has 0 saturated carbocycles. The molecule has 0 aliphatic carbocycles. The molecule has 0 unspecified atom stereocenters. The molecule has 124 valence electrons. The van der Waals surface area contributed by atoms with E-state index < -0.39 is 12.3 Å². The standard InChI is InChI=1S/C13H12F3N3O3S/c1-6-8(11(20)17-12-19-18-7(2)21-12)4-5-9(10(6)23-3)22-13(14,15)16/h4-5H,1-3H3,(H,17,19,20). The minimum Gasteiger partial charge on any atom is -0.408 e. The van der Waals surface area contributed by atoms with E-state index in [0.717, 1.165) is 17.8 Å². The average Bonchev–Trinajstić information content (AvgIpc) is 2.82. The van der Waals surface area contributed by atoms with E-state index in [1.807, 2.05) is 0 Å². The maximum atomic E-state index is 12.4. The van der Waals surface area contributed by atoms with Crippen molar-refractivity contribution in [2.24, 2.45) is 0 Å². The summed E-state index contributed by atoms with van der Waals surface area (Å²) in [5, 5.41) is 9.57. The van der Waals surface area contributed by atoms with Crippen LogP contribution in [0.25, 0.3) is 0 Å². The van der Waals surface area contributed by atoms with Gasteiger partial charge in [-0.05, 0) is 30.9 Å². The van der Waals surface area contributed by atoms with Crippen LogP contribution in [0.1, 0.15) is 21.8 Å². The second kappa shape index (κ2) is 6.49. The molecule has 10 heteroatoms. The van der Waals surface area contributed by atoms with Crippen molar-refractivity contribution in [1.82, 2.24) is 10.2 Å². The Kier molecular flexibility index (Phi) is 4.83. The van der Waals surface area contributed by atoms with Crippen LogP contribution in [0, 0.1) is 13.8 Å². The third-order valence-electron chi connectivity index (χ3n) is 2.79. The highest BCUT2D eigenvalue weighted by Crippen LogP contribution is 2.36. The van der Waals surface area contributed by atoms with E-state index in [1.54, 1.807) is 13.2 Å². The number of ether oxygens (including phenoxy) is 1. The summed E-state index contributed by atoms with van der Waals surface area (Å²) in [4.78, 5) is 12.4. The zero-order chi connectivity index (χ0) is 17.2. The summed E-state index contributed by atoms with van der Waals surface area (Å²) >= 11 is 1.05. The quantitative estimate of drug-likeness (QED) is 0.852. The number of nitrogens with zero attached hydrogens (tertiary/aromatic N) is 2. The van der Waals surface area contributed by atoms with Crippen molar-refractivity contribution in [2.45, 2.75) is 25.1 Å². The zero-order valence-electron chi connectivity index (χ0n) is 12.3. The number of rotatable bonds is 4. The normalized spacial score (nSPS) is 11.4. The van der Waals surface area contributed by atoms with E-state index in [-0.39, 0.29) is 28.1 Å². The first-order chi connectivity index (χ1) is 10.7. The monoisotopic (exact) mass is 347 g/mol. The fourth-order valence-corrected chi connectivity index (χ4v) is 2.61. The molecule has 2 aromatic rings. The first-order valence-corrected chi connectivity index (χ1v) is 7.48. The number of aryl methyl sites for hydroxylation is 1. The Labute approximate surface area is 133 Å². The van der Waals surface area contributed by atoms with Crippen molar-refractivity contribution >= 4 is 23.7 Å². The van der Waals surface area contributed by atoms with Gasteiger partial charge in [-0.25, -0.2) is 0 Å². The fourth-order valence-electron chi connectivity index (χ4n) is 1.88. The van der Waals surface area contributed by atoms with E-state index in [4.69, 9.17) is 4.42 Å². The molecule has 1 N–H and O–H groups in total. The van der Waals surface area contributed by atoms with E-state index in [2.05, 4.69) is 20.3 Å². The van der Waals surface area contributed by atoms with Gasteiger partial charge in [0.25, 0.3) is 5.91 Å². The lowest BCUT2D eigenvalue weighted by atomic mass is 10.1. The molecule has 0 saturated heterocycles. The molecule has 0 aliphatic rings. The highest BCUT2D eigenvalue weighted by atomic mass is 32.2. The molecule has 0 spiro atoms. The Balaban J connectivity index is 2.31. The highest BCUT2D eigenvalue weighted by Gasteiger charge is 2.32. The number of carbonyl (C=O) groups is 1. The van der Waals surface area contributed by atoms with Crippen molar-refractivity contribution in [3.05, 3.63) is 29.2 Å². The number of benzene rings is 1. The lowest BCUT2D eigenvalue weighted by Gasteiger charge is -2.16. The molecule has 0 bridgehead atoms. The number of aromatic nitrogens is 2. The Hall–Kier alpha value is -2.23. The number of amides is 1. The minimum absolute atomic E-state index is 0.0896. The van der Waals surface area contributed by atoms with Gasteiger partial charge < -0.3 is 9.15 Å². The molecule has 0 radical (unpaired) electrons. The minimum atomic E-state index is -4.80. The molecule has 1 aromatic carbocycles. The molecule has 0 atom stereocenters. The van der Waals surface area contributed by atoms with Gasteiger partial charge in [-0.3, -0.25) is 10.1 Å². The summed E-state index contributed by atoms with van der Waals surface area (Å²) in [5.74, 6) is -0.650. The van der Waals surface area contributed by atoms with Crippen molar-refractivity contribution in [1.29, 1.82) is 0 Å². The van der Waals surface area contributed by atoms with Gasteiger partial charge in [-0.2, -0.15) is 0 Å². The molecule has 0 fully saturated rings. The number of hydrogen-bond acceptors (Lipinski definition) is 6. The molecule has 23 heavy (non-hydrogen) atoms. The van der Waals surface area contributed by atoms with E-state index in [1.165, 1.54) is 13.0 Å². The van der Waals surface area contributed by atoms with Gasteiger partial charge in [0.15, 0.2) is 0 Å². The van der Waals surface area contributed by atoms with E-state index in [9.17, 15) is 18.0 Å². The third kappa shape index (κ3) is 4.15. The van der Waals surface area contributed by atoms with E-state index in [0.29, 0.717) is 5.56 Å². The Morgan fingerprint density at radius 3 is 2.52 bits per heavy atom. The van der Waals surface area contributed by atoms with Crippen LogP contribution in [-0.2, 0) is 0 Å². The first kappa shape index (κ1) is 17.1. The largest absolute Gasteiger partial charge is 0.573 e. The Morgan fingerprint density at radius 2 is 2.00 bits per heavy atom. The summed E-state index contributed by atoms with van der Waals surface area (Å²) in [6.07, 6.45) is -3.21. The molecule has 1 aromatic heterocycles. The van der Waals surface area contributed by atoms with Gasteiger partial charge in [0.05, 0.1) is 4.90 Å². The average molecular weight is 347 g/mol. The highest BCUT2D eigenvalue weighted by molar-refractivity contribution is 7.98. The molecular formula is C13H12F3N3O3S. The van der Waals surface area contributed by atoms with E-state index >= 15 is 0 Å². The van der Waals surface area contributed by atoms with Gasteiger partial charge in [0.2, 0.25) is 5.89 Å². The maximum absolute atomic E-state index is 12.4. The number of hydrogen-bond donors (Lipinski definition) is 1. The summed E-state index contributed by atoms with van der Waals surface area (Å²) < 4.78 is 46.2. The molecule has 2 rings (SSSR count). The van der Waals surface area contributed by atoms with Gasteiger partial charge in [0.1, 0.15) is 5.75 Å². The third-order valence-corrected chi connectivity index (χ3v) is 3.71. The van der Waals surface area contributed by atoms with Gasteiger partial charge >= 0.3 is 12.4 Å².